The van der Waals surface area contributed by atoms with Gasteiger partial charge in [0, 0.05) is 25.0 Å². The largest absolute Gasteiger partial charge is 0.416 e. The zero-order valence-electron chi connectivity index (χ0n) is 13.1. The van der Waals surface area contributed by atoms with E-state index in [4.69, 9.17) is 0 Å². The molecule has 0 N–H and O–H groups in total. The highest BCUT2D eigenvalue weighted by atomic mass is 19.4. The van der Waals surface area contributed by atoms with Crippen LogP contribution >= 0.6 is 0 Å². The Morgan fingerprint density at radius 2 is 1.48 bits per heavy atom. The first-order valence-electron chi connectivity index (χ1n) is 7.50. The van der Waals surface area contributed by atoms with E-state index in [0.717, 1.165) is 36.5 Å². The molecule has 0 saturated carbocycles. The van der Waals surface area contributed by atoms with Gasteiger partial charge in [0.25, 0.3) is 0 Å². The van der Waals surface area contributed by atoms with Gasteiger partial charge in [-0.2, -0.15) is 13.2 Å². The van der Waals surface area contributed by atoms with Crippen molar-refractivity contribution in [2.75, 3.05) is 18.0 Å². The molecule has 2 aromatic rings. The minimum atomic E-state index is -4.32. The van der Waals surface area contributed by atoms with Gasteiger partial charge in [0.15, 0.2) is 0 Å². The molecule has 0 saturated heterocycles. The van der Waals surface area contributed by atoms with E-state index in [1.807, 2.05) is 24.3 Å². The van der Waals surface area contributed by atoms with Crippen LogP contribution in [0.5, 0.6) is 0 Å². The molecule has 5 heteroatoms. The number of nitrogens with zero attached hydrogens (tertiary/aromatic N) is 2. The summed E-state index contributed by atoms with van der Waals surface area (Å²) in [5.74, 6) is 0. The average Bonchev–Trinajstić information content (AvgIpc) is 2.55. The molecule has 0 unspecified atom stereocenters. The van der Waals surface area contributed by atoms with E-state index in [1.165, 1.54) is 12.1 Å². The van der Waals surface area contributed by atoms with Crippen molar-refractivity contribution in [3.8, 4) is 0 Å². The van der Waals surface area contributed by atoms with Gasteiger partial charge in [0.1, 0.15) is 0 Å². The Balaban J connectivity index is 2.08. The van der Waals surface area contributed by atoms with Crippen molar-refractivity contribution in [1.82, 2.24) is 0 Å². The lowest BCUT2D eigenvalue weighted by Crippen LogP contribution is -2.21. The number of rotatable bonds is 5. The fourth-order valence-electron chi connectivity index (χ4n) is 2.25. The summed E-state index contributed by atoms with van der Waals surface area (Å²) in [6, 6.07) is 12.7. The lowest BCUT2D eigenvalue weighted by atomic mass is 10.2. The fraction of sp³-hybridized carbons (Fsp3) is 0.278. The van der Waals surface area contributed by atoms with Gasteiger partial charge in [-0.25, -0.2) is 0 Å². The Labute approximate surface area is 134 Å². The molecule has 0 aliphatic carbocycles. The molecule has 0 atom stereocenters. The molecule has 0 aliphatic rings. The highest BCUT2D eigenvalue weighted by Gasteiger charge is 2.29. The van der Waals surface area contributed by atoms with Gasteiger partial charge in [0.05, 0.1) is 11.3 Å². The molecule has 0 fully saturated rings. The molecular weight excluding hydrogens is 301 g/mol. The van der Waals surface area contributed by atoms with Crippen LogP contribution in [0.25, 0.3) is 0 Å². The van der Waals surface area contributed by atoms with Gasteiger partial charge >= 0.3 is 6.18 Å². The maximum Gasteiger partial charge on any atom is 0.416 e. The summed E-state index contributed by atoms with van der Waals surface area (Å²) < 4.78 is 37.5. The van der Waals surface area contributed by atoms with E-state index >= 15 is 0 Å². The van der Waals surface area contributed by atoms with Crippen molar-refractivity contribution in [3.05, 3.63) is 59.7 Å². The number of hydrogen-bond donors (Lipinski definition) is 0. The molecule has 0 amide bonds. The predicted molar refractivity (Wildman–Crippen MR) is 88.7 cm³/mol. The zero-order valence-corrected chi connectivity index (χ0v) is 13.1. The standard InChI is InChI=1S/C18H19F3N2/c1-3-23(4-2)17-11-5-14(6-12-17)13-22-16-9-7-15(8-10-16)18(19,20)21/h5-13H,3-4H2,1-2H3. The normalized spacial score (nSPS) is 11.9. The number of hydrogen-bond acceptors (Lipinski definition) is 2. The fourth-order valence-corrected chi connectivity index (χ4v) is 2.25. The van der Waals surface area contributed by atoms with E-state index in [9.17, 15) is 13.2 Å². The summed E-state index contributed by atoms with van der Waals surface area (Å²) in [4.78, 5) is 6.44. The van der Waals surface area contributed by atoms with E-state index in [0.29, 0.717) is 5.69 Å². The maximum atomic E-state index is 12.5. The van der Waals surface area contributed by atoms with Crippen LogP contribution in [0.4, 0.5) is 24.5 Å². The molecule has 0 spiro atoms. The quantitative estimate of drug-likeness (QED) is 0.682. The van der Waals surface area contributed by atoms with Gasteiger partial charge in [-0.3, -0.25) is 4.99 Å². The van der Waals surface area contributed by atoms with Gasteiger partial charge in [-0.1, -0.05) is 12.1 Å². The SMILES string of the molecule is CCN(CC)c1ccc(C=Nc2ccc(C(F)(F)F)cc2)cc1. The number of alkyl halides is 3. The lowest BCUT2D eigenvalue weighted by molar-refractivity contribution is -0.137. The smallest absolute Gasteiger partial charge is 0.372 e. The van der Waals surface area contributed by atoms with Crippen molar-refractivity contribution in [2.45, 2.75) is 20.0 Å². The average molecular weight is 320 g/mol. The van der Waals surface area contributed by atoms with Gasteiger partial charge in [-0.15, -0.1) is 0 Å². The minimum Gasteiger partial charge on any atom is -0.372 e. The van der Waals surface area contributed by atoms with Gasteiger partial charge in [-0.05, 0) is 55.8 Å². The summed E-state index contributed by atoms with van der Waals surface area (Å²) >= 11 is 0. The van der Waals surface area contributed by atoms with E-state index in [2.05, 4.69) is 23.7 Å². The van der Waals surface area contributed by atoms with Crippen molar-refractivity contribution >= 4 is 17.6 Å². The Bertz CT molecular complexity index is 639. The number of anilines is 1. The van der Waals surface area contributed by atoms with Crippen LogP contribution in [0.3, 0.4) is 0 Å². The van der Waals surface area contributed by atoms with E-state index < -0.39 is 11.7 Å². The van der Waals surface area contributed by atoms with E-state index in [-0.39, 0.29) is 0 Å². The third kappa shape index (κ3) is 4.58. The topological polar surface area (TPSA) is 15.6 Å². The minimum absolute atomic E-state index is 0.491. The first-order chi connectivity index (χ1) is 10.9. The zero-order chi connectivity index (χ0) is 16.9. The van der Waals surface area contributed by atoms with Crippen LogP contribution in [-0.4, -0.2) is 19.3 Å². The second-order valence-corrected chi connectivity index (χ2v) is 5.07. The lowest BCUT2D eigenvalue weighted by Gasteiger charge is -2.20. The molecular formula is C18H19F3N2. The summed E-state index contributed by atoms with van der Waals surface area (Å²) in [5, 5.41) is 0. The second kappa shape index (κ2) is 7.31. The number of benzene rings is 2. The Hall–Kier alpha value is -2.30. The molecule has 122 valence electrons. The van der Waals surface area contributed by atoms with Crippen LogP contribution in [0.15, 0.2) is 53.5 Å². The molecule has 2 rings (SSSR count). The Morgan fingerprint density at radius 3 is 1.96 bits per heavy atom. The van der Waals surface area contributed by atoms with Crippen molar-refractivity contribution in [2.24, 2.45) is 4.99 Å². The summed E-state index contributed by atoms with van der Waals surface area (Å²) in [7, 11) is 0. The highest BCUT2D eigenvalue weighted by Crippen LogP contribution is 2.30. The molecule has 0 aliphatic heterocycles. The van der Waals surface area contributed by atoms with Crippen molar-refractivity contribution in [1.29, 1.82) is 0 Å². The molecule has 0 aromatic heterocycles. The van der Waals surface area contributed by atoms with Crippen molar-refractivity contribution in [3.63, 3.8) is 0 Å². The summed E-state index contributed by atoms with van der Waals surface area (Å²) in [6.07, 6.45) is -2.67. The molecule has 2 nitrogen and oxygen atoms in total. The number of aliphatic imine (C=N–C) groups is 1. The molecule has 0 radical (unpaired) electrons. The first-order valence-corrected chi connectivity index (χ1v) is 7.50. The van der Waals surface area contributed by atoms with Crippen LogP contribution in [0, 0.1) is 0 Å². The number of halogens is 3. The van der Waals surface area contributed by atoms with Crippen molar-refractivity contribution < 1.29 is 13.2 Å². The summed E-state index contributed by atoms with van der Waals surface area (Å²) in [5.41, 5.74) is 1.87. The van der Waals surface area contributed by atoms with Gasteiger partial charge < -0.3 is 4.90 Å². The Morgan fingerprint density at radius 1 is 0.913 bits per heavy atom. The second-order valence-electron chi connectivity index (χ2n) is 5.07. The molecule has 0 bridgehead atoms. The predicted octanol–water partition coefficient (Wildman–Crippen LogP) is 5.30. The third-order valence-corrected chi connectivity index (χ3v) is 3.58. The van der Waals surface area contributed by atoms with Crippen LogP contribution in [-0.2, 0) is 6.18 Å². The van der Waals surface area contributed by atoms with Crippen LogP contribution < -0.4 is 4.90 Å². The monoisotopic (exact) mass is 320 g/mol. The Kier molecular flexibility index (Phi) is 5.42. The van der Waals surface area contributed by atoms with E-state index in [1.54, 1.807) is 6.21 Å². The van der Waals surface area contributed by atoms with Crippen LogP contribution in [0.2, 0.25) is 0 Å². The van der Waals surface area contributed by atoms with Gasteiger partial charge in [0.2, 0.25) is 0 Å². The molecule has 23 heavy (non-hydrogen) atoms. The highest BCUT2D eigenvalue weighted by molar-refractivity contribution is 5.82. The third-order valence-electron chi connectivity index (χ3n) is 3.58. The maximum absolute atomic E-state index is 12.5. The van der Waals surface area contributed by atoms with Crippen LogP contribution in [0.1, 0.15) is 25.0 Å². The molecule has 0 heterocycles. The molecule has 2 aromatic carbocycles. The summed E-state index contributed by atoms with van der Waals surface area (Å²) in [6.45, 7) is 6.08. The first kappa shape index (κ1) is 17.1.